The van der Waals surface area contributed by atoms with Gasteiger partial charge in [-0.15, -0.1) is 0 Å². The Morgan fingerprint density at radius 2 is 2.19 bits per heavy atom. The van der Waals surface area contributed by atoms with Crippen LogP contribution in [0, 0.1) is 0 Å². The van der Waals surface area contributed by atoms with Gasteiger partial charge >= 0.3 is 0 Å². The Kier molecular flexibility index (Phi) is 4.89. The molecule has 0 bridgehead atoms. The highest BCUT2D eigenvalue weighted by atomic mass is 16.5. The van der Waals surface area contributed by atoms with Crippen molar-refractivity contribution in [1.29, 1.82) is 0 Å². The van der Waals surface area contributed by atoms with E-state index >= 15 is 0 Å². The van der Waals surface area contributed by atoms with Crippen LogP contribution in [0.4, 0.5) is 5.69 Å². The van der Waals surface area contributed by atoms with Crippen LogP contribution in [0.1, 0.15) is 6.92 Å². The second kappa shape index (κ2) is 6.85. The Bertz CT molecular complexity index is 544. The van der Waals surface area contributed by atoms with Crippen LogP contribution >= 0.6 is 0 Å². The van der Waals surface area contributed by atoms with Gasteiger partial charge in [-0.3, -0.25) is 20.0 Å². The van der Waals surface area contributed by atoms with Crippen molar-refractivity contribution in [2.45, 2.75) is 13.0 Å². The average molecular weight is 290 g/mol. The van der Waals surface area contributed by atoms with E-state index in [1.165, 1.54) is 5.01 Å². The number of hydrogen-bond donors (Lipinski definition) is 2. The summed E-state index contributed by atoms with van der Waals surface area (Å²) in [4.78, 5) is 27.9. The Morgan fingerprint density at radius 1 is 1.48 bits per heavy atom. The number of hydrazine groups is 1. The second-order valence-electron chi connectivity index (χ2n) is 4.67. The zero-order valence-corrected chi connectivity index (χ0v) is 12.0. The smallest absolute Gasteiger partial charge is 0.288 e. The summed E-state index contributed by atoms with van der Waals surface area (Å²) in [6.45, 7) is 2.16. The number of amidine groups is 1. The van der Waals surface area contributed by atoms with Gasteiger partial charge < -0.3 is 10.1 Å². The largest absolute Gasteiger partial charge is 0.383 e. The molecular weight excluding hydrogens is 272 g/mol. The molecule has 1 aliphatic rings. The van der Waals surface area contributed by atoms with E-state index in [0.717, 1.165) is 0 Å². The van der Waals surface area contributed by atoms with Crippen LogP contribution in [0.15, 0.2) is 35.3 Å². The first-order valence-corrected chi connectivity index (χ1v) is 6.60. The Hall–Kier alpha value is -2.41. The Balaban J connectivity index is 2.06. The van der Waals surface area contributed by atoms with E-state index in [-0.39, 0.29) is 30.2 Å². The van der Waals surface area contributed by atoms with Gasteiger partial charge in [0, 0.05) is 13.2 Å². The molecular formula is C14H18N4O3. The molecule has 7 heteroatoms. The van der Waals surface area contributed by atoms with Crippen molar-refractivity contribution >= 4 is 23.3 Å². The topological polar surface area (TPSA) is 83.0 Å². The molecule has 21 heavy (non-hydrogen) atoms. The standard InChI is InChI=1S/C14H18N4O3/c1-10(9-21-2)16-14(20)13-15-8-12(19)18(17-13)11-6-4-3-5-7-11/h3-7,10H,8-9H2,1-2H3,(H,15,17)(H,16,20)/t10-/m1/s1. The number of nitrogens with zero attached hydrogens (tertiary/aromatic N) is 2. The van der Waals surface area contributed by atoms with Crippen LogP contribution in [0.2, 0.25) is 0 Å². The van der Waals surface area contributed by atoms with Gasteiger partial charge in [-0.1, -0.05) is 18.2 Å². The fraction of sp³-hybridized carbons (Fsp3) is 0.357. The highest BCUT2D eigenvalue weighted by Crippen LogP contribution is 2.13. The first kappa shape index (κ1) is 15.0. The molecule has 0 spiro atoms. The maximum Gasteiger partial charge on any atom is 0.288 e. The summed E-state index contributed by atoms with van der Waals surface area (Å²) in [5, 5.41) is 4.06. The van der Waals surface area contributed by atoms with Crippen molar-refractivity contribution in [2.24, 2.45) is 4.99 Å². The summed E-state index contributed by atoms with van der Waals surface area (Å²) >= 11 is 0. The minimum Gasteiger partial charge on any atom is -0.383 e. The molecule has 1 aromatic rings. The van der Waals surface area contributed by atoms with Gasteiger partial charge in [-0.25, -0.2) is 5.01 Å². The van der Waals surface area contributed by atoms with E-state index in [9.17, 15) is 9.59 Å². The highest BCUT2D eigenvalue weighted by Gasteiger charge is 2.25. The van der Waals surface area contributed by atoms with E-state index in [2.05, 4.69) is 15.7 Å². The molecule has 1 heterocycles. The molecule has 1 atom stereocenters. The maximum absolute atomic E-state index is 12.1. The molecule has 0 fully saturated rings. The minimum atomic E-state index is -0.368. The number of carbonyl (C=O) groups is 2. The van der Waals surface area contributed by atoms with Crippen LogP contribution in [0.25, 0.3) is 0 Å². The zero-order valence-electron chi connectivity index (χ0n) is 12.0. The lowest BCUT2D eigenvalue weighted by Gasteiger charge is -2.28. The molecule has 2 N–H and O–H groups in total. The average Bonchev–Trinajstić information content (AvgIpc) is 2.48. The summed E-state index contributed by atoms with van der Waals surface area (Å²) in [5.74, 6) is -0.475. The molecule has 0 radical (unpaired) electrons. The monoisotopic (exact) mass is 290 g/mol. The number of methoxy groups -OCH3 is 1. The number of para-hydroxylation sites is 1. The molecule has 0 saturated carbocycles. The van der Waals surface area contributed by atoms with Gasteiger partial charge in [0.1, 0.15) is 6.54 Å². The third kappa shape index (κ3) is 3.79. The van der Waals surface area contributed by atoms with E-state index in [0.29, 0.717) is 12.3 Å². The van der Waals surface area contributed by atoms with Crippen molar-refractivity contribution in [3.63, 3.8) is 0 Å². The number of carbonyl (C=O) groups excluding carboxylic acids is 2. The number of ether oxygens (including phenoxy) is 1. The fourth-order valence-corrected chi connectivity index (χ4v) is 1.91. The summed E-state index contributed by atoms with van der Waals surface area (Å²) in [7, 11) is 1.56. The van der Waals surface area contributed by atoms with Gasteiger partial charge in [-0.05, 0) is 19.1 Å². The lowest BCUT2D eigenvalue weighted by Crippen LogP contribution is -2.56. The van der Waals surface area contributed by atoms with Crippen molar-refractivity contribution in [1.82, 2.24) is 10.7 Å². The molecule has 2 amide bonds. The Labute approximate surface area is 123 Å². The number of rotatable bonds is 5. The maximum atomic E-state index is 12.1. The van der Waals surface area contributed by atoms with Gasteiger partial charge in [0.05, 0.1) is 12.3 Å². The molecule has 1 aromatic carbocycles. The van der Waals surface area contributed by atoms with E-state index in [1.807, 2.05) is 25.1 Å². The van der Waals surface area contributed by atoms with Crippen LogP contribution in [-0.2, 0) is 14.3 Å². The zero-order chi connectivity index (χ0) is 15.2. The Morgan fingerprint density at radius 3 is 2.86 bits per heavy atom. The normalized spacial score (nSPS) is 16.0. The lowest BCUT2D eigenvalue weighted by molar-refractivity contribution is -0.118. The SMILES string of the molecule is COC[C@@H](C)NC(=O)C1=NCC(=O)N(c2ccccc2)N1. The van der Waals surface area contributed by atoms with Gasteiger partial charge in [0.25, 0.3) is 11.8 Å². The minimum absolute atomic E-state index is 0.0662. The summed E-state index contributed by atoms with van der Waals surface area (Å²) in [6, 6.07) is 8.90. The third-order valence-corrected chi connectivity index (χ3v) is 2.86. The first-order valence-electron chi connectivity index (χ1n) is 6.60. The highest BCUT2D eigenvalue weighted by molar-refractivity contribution is 6.39. The summed E-state index contributed by atoms with van der Waals surface area (Å²) in [6.07, 6.45) is 0. The van der Waals surface area contributed by atoms with Crippen molar-refractivity contribution in [2.75, 3.05) is 25.3 Å². The third-order valence-electron chi connectivity index (χ3n) is 2.86. The van der Waals surface area contributed by atoms with Crippen LogP contribution in [0.5, 0.6) is 0 Å². The van der Waals surface area contributed by atoms with E-state index < -0.39 is 0 Å². The number of hydrogen-bond acceptors (Lipinski definition) is 5. The fourth-order valence-electron chi connectivity index (χ4n) is 1.91. The summed E-state index contributed by atoms with van der Waals surface area (Å²) < 4.78 is 4.96. The first-order chi connectivity index (χ1) is 10.1. The summed E-state index contributed by atoms with van der Waals surface area (Å²) in [5.41, 5.74) is 3.41. The number of aliphatic imine (C=N–C) groups is 1. The van der Waals surface area contributed by atoms with Crippen LogP contribution in [-0.4, -0.2) is 44.0 Å². The van der Waals surface area contributed by atoms with Gasteiger partial charge in [-0.2, -0.15) is 0 Å². The van der Waals surface area contributed by atoms with Gasteiger partial charge in [0.2, 0.25) is 5.84 Å². The van der Waals surface area contributed by atoms with Crippen molar-refractivity contribution < 1.29 is 14.3 Å². The lowest BCUT2D eigenvalue weighted by atomic mass is 10.3. The molecule has 1 aliphatic heterocycles. The number of anilines is 1. The predicted octanol–water partition coefficient (Wildman–Crippen LogP) is 0.0874. The quantitative estimate of drug-likeness (QED) is 0.805. The predicted molar refractivity (Wildman–Crippen MR) is 78.8 cm³/mol. The van der Waals surface area contributed by atoms with Crippen LogP contribution in [0.3, 0.4) is 0 Å². The molecule has 7 nitrogen and oxygen atoms in total. The van der Waals surface area contributed by atoms with Crippen molar-refractivity contribution in [3.8, 4) is 0 Å². The molecule has 0 unspecified atom stereocenters. The molecule has 0 aliphatic carbocycles. The van der Waals surface area contributed by atoms with E-state index in [1.54, 1.807) is 19.2 Å². The second-order valence-corrected chi connectivity index (χ2v) is 4.67. The van der Waals surface area contributed by atoms with Gasteiger partial charge in [0.15, 0.2) is 0 Å². The molecule has 112 valence electrons. The number of benzene rings is 1. The molecule has 2 rings (SSSR count). The number of amides is 2. The number of nitrogens with one attached hydrogen (secondary N) is 2. The molecule has 0 aromatic heterocycles. The molecule has 0 saturated heterocycles. The van der Waals surface area contributed by atoms with E-state index in [4.69, 9.17) is 4.74 Å². The van der Waals surface area contributed by atoms with Crippen LogP contribution < -0.4 is 15.8 Å². The van der Waals surface area contributed by atoms with Crippen molar-refractivity contribution in [3.05, 3.63) is 30.3 Å².